The van der Waals surface area contributed by atoms with Gasteiger partial charge >= 0.3 is 6.18 Å². The van der Waals surface area contributed by atoms with E-state index in [-0.39, 0.29) is 5.92 Å². The predicted octanol–water partition coefficient (Wildman–Crippen LogP) is 0.685. The van der Waals surface area contributed by atoms with E-state index in [1.165, 1.54) is 0 Å². The highest BCUT2D eigenvalue weighted by molar-refractivity contribution is 5.91. The highest BCUT2D eigenvalue weighted by Crippen LogP contribution is 2.52. The first-order valence-electron chi connectivity index (χ1n) is 4.69. The Balaban J connectivity index is 2.02. The van der Waals surface area contributed by atoms with Crippen molar-refractivity contribution in [1.82, 2.24) is 5.32 Å². The molecule has 0 aromatic heterocycles. The molecule has 0 bridgehead atoms. The lowest BCUT2D eigenvalue weighted by atomic mass is 9.54. The lowest BCUT2D eigenvalue weighted by Gasteiger charge is -2.57. The summed E-state index contributed by atoms with van der Waals surface area (Å²) >= 11 is 0. The van der Waals surface area contributed by atoms with Gasteiger partial charge < -0.3 is 10.1 Å². The summed E-state index contributed by atoms with van der Waals surface area (Å²) in [5, 5.41) is 2.50. The molecule has 1 unspecified atom stereocenters. The average molecular weight is 221 g/mol. The number of aldehydes is 1. The zero-order valence-electron chi connectivity index (χ0n) is 7.80. The summed E-state index contributed by atoms with van der Waals surface area (Å²) in [7, 11) is 0. The summed E-state index contributed by atoms with van der Waals surface area (Å²) in [5.41, 5.74) is -0.599. The number of nitrogens with one attached hydrogen (secondary N) is 1. The van der Waals surface area contributed by atoms with Gasteiger partial charge in [0.15, 0.2) is 0 Å². The van der Waals surface area contributed by atoms with E-state index in [0.29, 0.717) is 19.4 Å². The van der Waals surface area contributed by atoms with Gasteiger partial charge in [0.1, 0.15) is 6.29 Å². The molecule has 0 amide bonds. The van der Waals surface area contributed by atoms with Crippen LogP contribution in [0.2, 0.25) is 0 Å². The molecule has 2 fully saturated rings. The van der Waals surface area contributed by atoms with Gasteiger partial charge in [0.05, 0.1) is 6.04 Å². The molecule has 0 radical (unpaired) electrons. The van der Waals surface area contributed by atoms with Gasteiger partial charge in [-0.1, -0.05) is 0 Å². The number of ketones is 1. The minimum Gasteiger partial charge on any atom is -0.306 e. The molecule has 1 N–H and O–H groups in total. The van der Waals surface area contributed by atoms with Crippen molar-refractivity contribution in [3.05, 3.63) is 0 Å². The van der Waals surface area contributed by atoms with Gasteiger partial charge in [0, 0.05) is 17.9 Å². The third-order valence-electron chi connectivity index (χ3n) is 3.34. The first-order chi connectivity index (χ1) is 6.89. The third kappa shape index (κ3) is 1.47. The number of carbonyl (C=O) groups is 2. The Hall–Kier alpha value is -0.910. The fraction of sp³-hybridized carbons (Fsp3) is 0.778. The average Bonchev–Trinajstić information content (AvgIpc) is 1.99. The third-order valence-corrected chi connectivity index (χ3v) is 3.34. The Labute approximate surface area is 84.0 Å². The molecule has 1 spiro atoms. The van der Waals surface area contributed by atoms with Gasteiger partial charge in [0.2, 0.25) is 0 Å². The van der Waals surface area contributed by atoms with Crippen molar-refractivity contribution < 1.29 is 22.8 Å². The monoisotopic (exact) mass is 221 g/mol. The van der Waals surface area contributed by atoms with E-state index in [0.717, 1.165) is 6.29 Å². The van der Waals surface area contributed by atoms with Crippen LogP contribution in [-0.2, 0) is 9.59 Å². The number of alkyl halides is 3. The summed E-state index contributed by atoms with van der Waals surface area (Å²) in [6.07, 6.45) is -3.23. The summed E-state index contributed by atoms with van der Waals surface area (Å²) in [4.78, 5) is 21.3. The Morgan fingerprint density at radius 2 is 2.00 bits per heavy atom. The molecule has 84 valence electrons. The maximum atomic E-state index is 12.1. The van der Waals surface area contributed by atoms with Crippen LogP contribution in [0.1, 0.15) is 12.8 Å². The van der Waals surface area contributed by atoms with E-state index < -0.39 is 23.4 Å². The van der Waals surface area contributed by atoms with Crippen LogP contribution < -0.4 is 5.32 Å². The van der Waals surface area contributed by atoms with Crippen LogP contribution in [0.15, 0.2) is 0 Å². The van der Waals surface area contributed by atoms with Crippen molar-refractivity contribution in [3.8, 4) is 0 Å². The van der Waals surface area contributed by atoms with Crippen LogP contribution >= 0.6 is 0 Å². The number of hydrogen-bond donors (Lipinski definition) is 1. The normalized spacial score (nSPS) is 39.4. The summed E-state index contributed by atoms with van der Waals surface area (Å²) in [5.74, 6) is -1.88. The maximum absolute atomic E-state index is 12.1. The largest absolute Gasteiger partial charge is 0.451 e. The standard InChI is InChI=1S/C9H10F3NO2/c10-9(11,12)7(15)6-8(4-13-6)1-5(2-8)3-14/h3,5-6,13H,1-2,4H2. The highest BCUT2D eigenvalue weighted by atomic mass is 19.4. The fourth-order valence-electron chi connectivity index (χ4n) is 2.49. The van der Waals surface area contributed by atoms with Gasteiger partial charge in [-0.15, -0.1) is 0 Å². The van der Waals surface area contributed by atoms with Crippen molar-refractivity contribution in [1.29, 1.82) is 0 Å². The number of hydrogen-bond acceptors (Lipinski definition) is 3. The van der Waals surface area contributed by atoms with Gasteiger partial charge in [-0.2, -0.15) is 13.2 Å². The lowest BCUT2D eigenvalue weighted by Crippen LogP contribution is -2.72. The fourth-order valence-corrected chi connectivity index (χ4v) is 2.49. The van der Waals surface area contributed by atoms with E-state index >= 15 is 0 Å². The zero-order valence-corrected chi connectivity index (χ0v) is 7.80. The van der Waals surface area contributed by atoms with Crippen LogP contribution in [0.5, 0.6) is 0 Å². The van der Waals surface area contributed by atoms with Crippen LogP contribution in [-0.4, -0.2) is 30.8 Å². The molecule has 0 aromatic carbocycles. The molecule has 1 aliphatic carbocycles. The Bertz CT molecular complexity index is 307. The molecule has 1 saturated heterocycles. The Morgan fingerprint density at radius 3 is 2.33 bits per heavy atom. The van der Waals surface area contributed by atoms with Crippen molar-refractivity contribution in [2.24, 2.45) is 11.3 Å². The molecule has 2 rings (SSSR count). The topological polar surface area (TPSA) is 46.2 Å². The number of carbonyl (C=O) groups excluding carboxylic acids is 2. The molecular formula is C9H10F3NO2. The van der Waals surface area contributed by atoms with E-state index in [2.05, 4.69) is 5.32 Å². The molecule has 6 heteroatoms. The Kier molecular flexibility index (Phi) is 2.15. The number of halogens is 3. The van der Waals surface area contributed by atoms with Crippen molar-refractivity contribution in [2.45, 2.75) is 25.1 Å². The molecule has 3 nitrogen and oxygen atoms in total. The van der Waals surface area contributed by atoms with Crippen LogP contribution in [0, 0.1) is 11.3 Å². The summed E-state index contributed by atoms with van der Waals surface area (Å²) in [6.45, 7) is 0.407. The van der Waals surface area contributed by atoms with Crippen LogP contribution in [0.3, 0.4) is 0 Å². The molecule has 1 heterocycles. The van der Waals surface area contributed by atoms with Crippen molar-refractivity contribution in [3.63, 3.8) is 0 Å². The van der Waals surface area contributed by atoms with E-state index in [1.807, 2.05) is 0 Å². The summed E-state index contributed by atoms with van der Waals surface area (Å²) in [6, 6.07) is -1.13. The highest BCUT2D eigenvalue weighted by Gasteiger charge is 2.62. The van der Waals surface area contributed by atoms with Crippen LogP contribution in [0.4, 0.5) is 13.2 Å². The first-order valence-corrected chi connectivity index (χ1v) is 4.69. The van der Waals surface area contributed by atoms with Crippen LogP contribution in [0.25, 0.3) is 0 Å². The molecular weight excluding hydrogens is 211 g/mol. The molecule has 1 saturated carbocycles. The minimum atomic E-state index is -4.78. The van der Waals surface area contributed by atoms with Gasteiger partial charge in [-0.25, -0.2) is 0 Å². The van der Waals surface area contributed by atoms with E-state index in [4.69, 9.17) is 0 Å². The minimum absolute atomic E-state index is 0.171. The second kappa shape index (κ2) is 3.04. The lowest BCUT2D eigenvalue weighted by molar-refractivity contribution is -0.186. The number of Topliss-reactive ketones (excluding diaryl/α,β-unsaturated/α-hetero) is 1. The zero-order chi connectivity index (χ0) is 11.3. The maximum Gasteiger partial charge on any atom is 0.451 e. The number of rotatable bonds is 2. The van der Waals surface area contributed by atoms with Crippen molar-refractivity contribution >= 4 is 12.1 Å². The second-order valence-electron chi connectivity index (χ2n) is 4.34. The second-order valence-corrected chi connectivity index (χ2v) is 4.34. The predicted molar refractivity (Wildman–Crippen MR) is 44.1 cm³/mol. The van der Waals surface area contributed by atoms with Gasteiger partial charge in [-0.05, 0) is 12.8 Å². The molecule has 1 atom stereocenters. The van der Waals surface area contributed by atoms with E-state index in [1.54, 1.807) is 0 Å². The molecule has 15 heavy (non-hydrogen) atoms. The van der Waals surface area contributed by atoms with E-state index in [9.17, 15) is 22.8 Å². The molecule has 2 aliphatic rings. The van der Waals surface area contributed by atoms with Gasteiger partial charge in [0.25, 0.3) is 5.78 Å². The van der Waals surface area contributed by atoms with Crippen molar-refractivity contribution in [2.75, 3.05) is 6.54 Å². The smallest absolute Gasteiger partial charge is 0.306 e. The Morgan fingerprint density at radius 1 is 1.40 bits per heavy atom. The van der Waals surface area contributed by atoms with Gasteiger partial charge in [-0.3, -0.25) is 4.79 Å². The first kappa shape index (κ1) is 10.6. The quantitative estimate of drug-likeness (QED) is 0.697. The SMILES string of the molecule is O=CC1CC2(CNC2C(=O)C(F)(F)F)C1. The molecule has 1 aliphatic heterocycles. The molecule has 0 aromatic rings. The summed E-state index contributed by atoms with van der Waals surface area (Å²) < 4.78 is 36.4.